The number of unbranched alkanes of at least 4 members (excludes halogenated alkanes) is 4. The zero-order valence-electron chi connectivity index (χ0n) is 79.9. The van der Waals surface area contributed by atoms with Crippen LogP contribution in [0.1, 0.15) is 200 Å². The monoisotopic (exact) mass is 1950 g/mol. The summed E-state index contributed by atoms with van der Waals surface area (Å²) in [5, 5.41) is 4.84. The van der Waals surface area contributed by atoms with Gasteiger partial charge in [-0.15, -0.1) is 0 Å². The normalized spacial score (nSPS) is 12.9. The highest BCUT2D eigenvalue weighted by Crippen LogP contribution is 2.33. The van der Waals surface area contributed by atoms with E-state index in [1.165, 1.54) is 53.9 Å². The summed E-state index contributed by atoms with van der Waals surface area (Å²) in [6.07, 6.45) is 3.66. The molecule has 8 aromatic carbocycles. The van der Waals surface area contributed by atoms with Crippen LogP contribution in [-0.2, 0) is 57.5 Å². The first-order valence-electron chi connectivity index (χ1n) is 46.9. The summed E-state index contributed by atoms with van der Waals surface area (Å²) >= 11 is 25.7. The second kappa shape index (κ2) is 56.9. The molecule has 8 aromatic rings. The number of primary amides is 1. The number of halogens is 4. The second-order valence-corrected chi connectivity index (χ2v) is 36.2. The van der Waals surface area contributed by atoms with Crippen molar-refractivity contribution in [3.8, 4) is 0 Å². The van der Waals surface area contributed by atoms with Crippen molar-refractivity contribution in [1.82, 2.24) is 59.2 Å². The summed E-state index contributed by atoms with van der Waals surface area (Å²) in [5.74, 6) is -7.85. The van der Waals surface area contributed by atoms with E-state index in [4.69, 9.17) is 75.1 Å². The van der Waals surface area contributed by atoms with Gasteiger partial charge in [0.15, 0.2) is 0 Å². The molecule has 8 rings (SSSR count). The first-order chi connectivity index (χ1) is 65.7. The molecule has 11 N–H and O–H groups in total. The molecule has 0 fully saturated rings. The Morgan fingerprint density at radius 2 is 0.416 bits per heavy atom. The van der Waals surface area contributed by atoms with Gasteiger partial charge in [0.05, 0.1) is 81.1 Å². The van der Waals surface area contributed by atoms with E-state index < -0.39 is 185 Å². The van der Waals surface area contributed by atoms with Crippen LogP contribution in [-0.4, -0.2) is 256 Å². The number of carbonyl (C=O) groups excluding carboxylic acids is 12. The fourth-order valence-electron chi connectivity index (χ4n) is 16.4. The molecule has 137 heavy (non-hydrogen) atoms. The van der Waals surface area contributed by atoms with E-state index in [1.807, 2.05) is 37.3 Å². The van der Waals surface area contributed by atoms with E-state index in [0.717, 1.165) is 18.4 Å². The Hall–Kier alpha value is -11.6. The Morgan fingerprint density at radius 1 is 0.234 bits per heavy atom. The maximum Gasteiger partial charge on any atom is 0.243 e. The molecule has 12 amide bonds. The third-order valence-electron chi connectivity index (χ3n) is 25.1. The molecule has 8 atom stereocenters. The van der Waals surface area contributed by atoms with Crippen LogP contribution in [0.4, 0.5) is 0 Å². The van der Waals surface area contributed by atoms with E-state index in [9.17, 15) is 14.4 Å². The SMILES string of the molecule is C[C@H](c1ccc(Cl)cc1)N(CC(N)=O)C(=O)CN(C(=O)CN(CCCCN)C(=O)CN(C(=O)CN(C(=O)CN(CCCCN)C(=O)CN(C(=O)CN(C(=O)CN(CCCCN)C(=O)CN(C(=O)CN(C(=O)CNCCCCN)[C@H](C)c1ccccc1)[C@H](C)c1ccc(Cl)cc1)[C@H](C)c1ccccc1)[C@H](C)c1ccc(Cl)cc1)[C@H](C)c1ccccc1)[C@H](C)c1ccc(Cl)cc1)[C@H](C)c1ccccc1. The van der Waals surface area contributed by atoms with E-state index in [0.29, 0.717) is 104 Å². The maximum absolute atomic E-state index is 16.1. The molecule has 0 aliphatic rings. The van der Waals surface area contributed by atoms with Crippen LogP contribution in [0.15, 0.2) is 218 Å². The molecule has 33 heteroatoms. The van der Waals surface area contributed by atoms with Gasteiger partial charge in [-0.1, -0.05) is 216 Å². The molecule has 0 heterocycles. The van der Waals surface area contributed by atoms with Crippen molar-refractivity contribution >= 4 is 117 Å². The zero-order valence-corrected chi connectivity index (χ0v) is 82.9. The molecule has 0 bridgehead atoms. The summed E-state index contributed by atoms with van der Waals surface area (Å²) in [7, 11) is 0. The van der Waals surface area contributed by atoms with Gasteiger partial charge in [0.2, 0.25) is 70.9 Å². The van der Waals surface area contributed by atoms with Gasteiger partial charge in [-0.25, -0.2) is 0 Å². The van der Waals surface area contributed by atoms with Crippen molar-refractivity contribution < 1.29 is 57.5 Å². The van der Waals surface area contributed by atoms with Gasteiger partial charge in [0.25, 0.3) is 0 Å². The lowest BCUT2D eigenvalue weighted by molar-refractivity contribution is -0.152. The van der Waals surface area contributed by atoms with Gasteiger partial charge < -0.3 is 87.9 Å². The number of rotatable bonds is 56. The summed E-state index contributed by atoms with van der Waals surface area (Å²) < 4.78 is 0. The van der Waals surface area contributed by atoms with Gasteiger partial charge in [-0.05, 0) is 233 Å². The quantitative estimate of drug-likeness (QED) is 0.0193. The lowest BCUT2D eigenvalue weighted by Crippen LogP contribution is -2.54. The Kier molecular flexibility index (Phi) is 46.0. The third-order valence-corrected chi connectivity index (χ3v) is 26.1. The highest BCUT2D eigenvalue weighted by Gasteiger charge is 2.40. The predicted octanol–water partition coefficient (Wildman–Crippen LogP) is 12.8. The van der Waals surface area contributed by atoms with Crippen molar-refractivity contribution in [3.05, 3.63) is 283 Å². The lowest BCUT2D eigenvalue weighted by atomic mass is 10.0. The van der Waals surface area contributed by atoms with E-state index in [-0.39, 0.29) is 58.1 Å². The maximum atomic E-state index is 16.1. The Labute approximate surface area is 826 Å². The van der Waals surface area contributed by atoms with Crippen LogP contribution in [0, 0.1) is 0 Å². The predicted molar refractivity (Wildman–Crippen MR) is 538 cm³/mol. The minimum atomic E-state index is -0.936. The average Bonchev–Trinajstić information content (AvgIpc) is 0.805. The van der Waals surface area contributed by atoms with Gasteiger partial charge in [0.1, 0.15) is 45.8 Å². The molecular formula is C104H135Cl4N17O12. The average molecular weight is 1960 g/mol. The molecule has 0 aliphatic carbocycles. The van der Waals surface area contributed by atoms with E-state index >= 15 is 43.2 Å². The number of amides is 12. The van der Waals surface area contributed by atoms with Gasteiger partial charge in [0, 0.05) is 39.7 Å². The number of carbonyl (C=O) groups is 12. The molecule has 0 unspecified atom stereocenters. The van der Waals surface area contributed by atoms with Crippen LogP contribution >= 0.6 is 46.4 Å². The fourth-order valence-corrected chi connectivity index (χ4v) is 16.9. The summed E-state index contributed by atoms with van der Waals surface area (Å²) in [6.45, 7) is 8.86. The molecule has 0 aromatic heterocycles. The Bertz CT molecular complexity index is 5190. The van der Waals surface area contributed by atoms with Crippen molar-refractivity contribution in [2.75, 3.05) is 131 Å². The minimum absolute atomic E-state index is 0.00879. The Morgan fingerprint density at radius 3 is 0.628 bits per heavy atom. The molecule has 0 spiro atoms. The smallest absolute Gasteiger partial charge is 0.243 e. The first kappa shape index (κ1) is 111. The molecule has 0 aliphatic heterocycles. The standard InChI is InChI=1S/C104H135Cl4N17O12/c1-73(81-29-13-9-14-30-81)119(94(127)61-114-57-25-21-53-109)69-102(135)120(78(6)86-39-47-90(106)48-40-86)66-95(128)116(59-27-23-55-111)64-99(132)124(75(3)83-33-17-11-18-34-83)71-104(137)122(80(8)88-43-51-92(108)52-44-88)68-97(130)117(60-28-24-56-112)65-100(133)125(76(4)84-35-19-12-20-36-84)72-103(136)121(79(7)87-41-49-91(107)50-42-87)67-96(129)115(58-26-22-54-110)63-98(131)123(74(2)82-31-15-10-16-32-82)70-101(134)118(62-93(113)126)77(5)85-37-45-89(105)46-38-85/h9-20,29-52,73-80,114H,21-28,53-72,109-112H2,1-8H3,(H2,113,126)/t73-,74-,75-,76-,77-,78-,79-,80-/m1/s1. The number of benzene rings is 8. The summed E-state index contributed by atoms with van der Waals surface area (Å²) in [5.41, 5.74) is 34.9. The van der Waals surface area contributed by atoms with Crippen LogP contribution in [0.5, 0.6) is 0 Å². The first-order valence-corrected chi connectivity index (χ1v) is 48.4. The largest absolute Gasteiger partial charge is 0.368 e. The van der Waals surface area contributed by atoms with Crippen molar-refractivity contribution in [3.63, 3.8) is 0 Å². The van der Waals surface area contributed by atoms with Gasteiger partial charge in [-0.3, -0.25) is 57.5 Å². The van der Waals surface area contributed by atoms with Gasteiger partial charge in [-0.2, -0.15) is 0 Å². The molecule has 29 nitrogen and oxygen atoms in total. The summed E-state index contributed by atoms with van der Waals surface area (Å²) in [4.78, 5) is 199. The lowest BCUT2D eigenvalue weighted by Gasteiger charge is -2.38. The molecule has 0 saturated carbocycles. The third kappa shape index (κ3) is 33.9. The van der Waals surface area contributed by atoms with Crippen LogP contribution in [0.25, 0.3) is 0 Å². The molecular weight excluding hydrogens is 1820 g/mol. The number of nitrogens with two attached hydrogens (primary N) is 5. The van der Waals surface area contributed by atoms with E-state index in [1.54, 1.807) is 237 Å². The minimum Gasteiger partial charge on any atom is -0.368 e. The van der Waals surface area contributed by atoms with Crippen LogP contribution in [0.3, 0.4) is 0 Å². The number of nitrogens with one attached hydrogen (secondary N) is 1. The highest BCUT2D eigenvalue weighted by molar-refractivity contribution is 6.31. The number of hydrogen-bond donors (Lipinski definition) is 6. The number of nitrogens with zero attached hydrogens (tertiary/aromatic N) is 11. The second-order valence-electron chi connectivity index (χ2n) is 34.5. The summed E-state index contributed by atoms with van der Waals surface area (Å²) in [6, 6.07) is 56.5. The van der Waals surface area contributed by atoms with Crippen LogP contribution in [0.2, 0.25) is 20.1 Å². The topological polar surface area (TPSA) is 383 Å². The van der Waals surface area contributed by atoms with E-state index in [2.05, 4.69) is 5.32 Å². The van der Waals surface area contributed by atoms with Crippen LogP contribution < -0.4 is 34.0 Å². The zero-order chi connectivity index (χ0) is 99.8. The molecule has 0 saturated heterocycles. The number of hydrogen-bond acceptors (Lipinski definition) is 17. The Balaban J connectivity index is 1.13. The van der Waals surface area contributed by atoms with Gasteiger partial charge >= 0.3 is 0 Å². The highest BCUT2D eigenvalue weighted by atomic mass is 35.5. The fraction of sp³-hybridized carbons (Fsp3) is 0.423. The van der Waals surface area contributed by atoms with Crippen molar-refractivity contribution in [2.24, 2.45) is 28.7 Å². The van der Waals surface area contributed by atoms with Crippen molar-refractivity contribution in [1.29, 1.82) is 0 Å². The van der Waals surface area contributed by atoms with Crippen molar-refractivity contribution in [2.45, 2.75) is 155 Å². The molecule has 0 radical (unpaired) electrons. The molecule has 736 valence electrons.